The van der Waals surface area contributed by atoms with Crippen LogP contribution in [0, 0.1) is 0 Å². The number of aliphatic hydroxyl groups is 1. The topological polar surface area (TPSA) is 26.7 Å². The smallest absolute Gasteiger partial charge is 0.0667 e. The molecule has 0 saturated carbocycles. The highest BCUT2D eigenvalue weighted by Gasteiger charge is 2.19. The highest BCUT2D eigenvalue weighted by Crippen LogP contribution is 2.21. The molecule has 0 amide bonds. The summed E-state index contributed by atoms with van der Waals surface area (Å²) in [5, 5.41) is 11.1. The van der Waals surface area contributed by atoms with Gasteiger partial charge in [0.15, 0.2) is 0 Å². The van der Waals surface area contributed by atoms with E-state index in [0.29, 0.717) is 0 Å². The molecule has 1 aliphatic heterocycles. The van der Waals surface area contributed by atoms with Crippen LogP contribution in [0.4, 0.5) is 5.69 Å². The van der Waals surface area contributed by atoms with Gasteiger partial charge in [-0.2, -0.15) is 0 Å². The lowest BCUT2D eigenvalue weighted by Gasteiger charge is -2.37. The summed E-state index contributed by atoms with van der Waals surface area (Å²) in [5.74, 6) is 0. The zero-order valence-corrected chi connectivity index (χ0v) is 17.3. The number of unbranched alkanes of at least 4 members (excludes halogenated alkanes) is 7. The Morgan fingerprint density at radius 1 is 0.962 bits per heavy atom. The van der Waals surface area contributed by atoms with Crippen LogP contribution in [0.5, 0.6) is 0 Å². The van der Waals surface area contributed by atoms with E-state index < -0.39 is 0 Å². The lowest BCUT2D eigenvalue weighted by Crippen LogP contribution is -2.48. The van der Waals surface area contributed by atoms with Gasteiger partial charge >= 0.3 is 0 Å². The molecule has 1 aromatic carbocycles. The summed E-state index contributed by atoms with van der Waals surface area (Å²) in [6.45, 7) is 7.12. The predicted octanol–water partition coefficient (Wildman–Crippen LogP) is 5.35. The van der Waals surface area contributed by atoms with Crippen molar-refractivity contribution < 1.29 is 5.11 Å². The van der Waals surface area contributed by atoms with Gasteiger partial charge in [-0.3, -0.25) is 4.90 Å². The van der Waals surface area contributed by atoms with Gasteiger partial charge in [0.2, 0.25) is 0 Å². The van der Waals surface area contributed by atoms with Crippen molar-refractivity contribution in [1.82, 2.24) is 4.90 Å². The Labute approximate surface area is 165 Å². The van der Waals surface area contributed by atoms with Crippen molar-refractivity contribution >= 4 is 17.3 Å². The molecule has 0 aliphatic carbocycles. The first kappa shape index (κ1) is 21.5. The molecule has 0 aromatic heterocycles. The number of halogens is 1. The summed E-state index contributed by atoms with van der Waals surface area (Å²) in [7, 11) is 0. The maximum absolute atomic E-state index is 10.3. The molecule has 0 unspecified atom stereocenters. The second-order valence-corrected chi connectivity index (χ2v) is 8.12. The van der Waals surface area contributed by atoms with Crippen LogP contribution < -0.4 is 4.90 Å². The molecule has 1 aromatic rings. The van der Waals surface area contributed by atoms with Crippen LogP contribution in [-0.2, 0) is 0 Å². The lowest BCUT2D eigenvalue weighted by molar-refractivity contribution is 0.0996. The molecule has 2 rings (SSSR count). The third-order valence-electron chi connectivity index (χ3n) is 5.41. The molecule has 26 heavy (non-hydrogen) atoms. The van der Waals surface area contributed by atoms with Crippen LogP contribution in [0.15, 0.2) is 24.3 Å². The number of piperazine rings is 1. The van der Waals surface area contributed by atoms with E-state index >= 15 is 0 Å². The first-order valence-corrected chi connectivity index (χ1v) is 11.0. The number of nitrogens with zero attached hydrogens (tertiary/aromatic N) is 2. The maximum atomic E-state index is 10.3. The van der Waals surface area contributed by atoms with Gasteiger partial charge in [0.1, 0.15) is 0 Å². The largest absolute Gasteiger partial charge is 0.392 e. The minimum absolute atomic E-state index is 0.173. The molecule has 0 bridgehead atoms. The molecule has 0 radical (unpaired) electrons. The molecular weight excluding hydrogens is 344 g/mol. The Kier molecular flexibility index (Phi) is 10.4. The summed E-state index contributed by atoms with van der Waals surface area (Å²) >= 11 is 6.09. The second-order valence-electron chi connectivity index (χ2n) is 7.68. The van der Waals surface area contributed by atoms with Gasteiger partial charge in [-0.1, -0.05) is 76.0 Å². The van der Waals surface area contributed by atoms with Crippen LogP contribution >= 0.6 is 11.6 Å². The maximum Gasteiger partial charge on any atom is 0.0667 e. The van der Waals surface area contributed by atoms with Gasteiger partial charge in [0.25, 0.3) is 0 Å². The Balaban J connectivity index is 1.53. The van der Waals surface area contributed by atoms with Crippen molar-refractivity contribution in [2.75, 3.05) is 37.6 Å². The van der Waals surface area contributed by atoms with Crippen LogP contribution in [-0.4, -0.2) is 48.8 Å². The van der Waals surface area contributed by atoms with E-state index in [2.05, 4.69) is 22.8 Å². The Morgan fingerprint density at radius 3 is 2.27 bits per heavy atom. The molecular formula is C22H37ClN2O. The standard InChI is InChI=1S/C22H37ClN2O/c1-2-3-4-5-6-7-8-9-13-22(26)19-24-14-16-25(17-15-24)21-12-10-11-20(23)18-21/h10-12,18,22,26H,2-9,13-17,19H2,1H3/t22-/m1/s1. The molecule has 1 atom stereocenters. The number of aliphatic hydroxyl groups excluding tert-OH is 1. The van der Waals surface area contributed by atoms with Crippen LogP contribution in [0.1, 0.15) is 64.7 Å². The fourth-order valence-electron chi connectivity index (χ4n) is 3.76. The van der Waals surface area contributed by atoms with E-state index in [1.54, 1.807) is 0 Å². The molecule has 1 heterocycles. The number of hydrogen-bond acceptors (Lipinski definition) is 3. The normalized spacial score (nSPS) is 16.8. The number of benzene rings is 1. The van der Waals surface area contributed by atoms with E-state index in [1.807, 2.05) is 18.2 Å². The first-order chi connectivity index (χ1) is 12.7. The molecule has 0 spiro atoms. The molecule has 1 N–H and O–H groups in total. The quantitative estimate of drug-likeness (QED) is 0.495. The highest BCUT2D eigenvalue weighted by molar-refractivity contribution is 6.30. The summed E-state index contributed by atoms with van der Waals surface area (Å²) in [6, 6.07) is 8.09. The summed E-state index contributed by atoms with van der Waals surface area (Å²) < 4.78 is 0. The Hall–Kier alpha value is -0.770. The molecule has 1 saturated heterocycles. The van der Waals surface area contributed by atoms with E-state index in [1.165, 1.54) is 50.6 Å². The zero-order chi connectivity index (χ0) is 18.6. The van der Waals surface area contributed by atoms with Crippen LogP contribution in [0.2, 0.25) is 5.02 Å². The third-order valence-corrected chi connectivity index (χ3v) is 5.64. The first-order valence-electron chi connectivity index (χ1n) is 10.6. The van der Waals surface area contributed by atoms with Crippen molar-refractivity contribution in [3.05, 3.63) is 29.3 Å². The van der Waals surface area contributed by atoms with Gasteiger partial charge in [-0.25, -0.2) is 0 Å². The fraction of sp³-hybridized carbons (Fsp3) is 0.727. The number of hydrogen-bond donors (Lipinski definition) is 1. The Morgan fingerprint density at radius 2 is 1.62 bits per heavy atom. The van der Waals surface area contributed by atoms with Crippen LogP contribution in [0.3, 0.4) is 0 Å². The van der Waals surface area contributed by atoms with Gasteiger partial charge < -0.3 is 10.0 Å². The highest BCUT2D eigenvalue weighted by atomic mass is 35.5. The summed E-state index contributed by atoms with van der Waals surface area (Å²) in [5.41, 5.74) is 1.21. The summed E-state index contributed by atoms with van der Waals surface area (Å²) in [6.07, 6.45) is 11.4. The average Bonchev–Trinajstić information content (AvgIpc) is 2.64. The van der Waals surface area contributed by atoms with E-state index in [-0.39, 0.29) is 6.10 Å². The molecule has 3 nitrogen and oxygen atoms in total. The SMILES string of the molecule is CCCCCCCCCC[C@@H](O)CN1CCN(c2cccc(Cl)c2)CC1. The van der Waals surface area contributed by atoms with Crippen molar-refractivity contribution in [3.63, 3.8) is 0 Å². The predicted molar refractivity (Wildman–Crippen MR) is 113 cm³/mol. The third kappa shape index (κ3) is 8.28. The van der Waals surface area contributed by atoms with Crippen LogP contribution in [0.25, 0.3) is 0 Å². The van der Waals surface area contributed by atoms with Gasteiger partial charge in [-0.15, -0.1) is 0 Å². The minimum Gasteiger partial charge on any atom is -0.392 e. The number of rotatable bonds is 12. The number of anilines is 1. The average molecular weight is 381 g/mol. The van der Waals surface area contributed by atoms with E-state index in [9.17, 15) is 5.11 Å². The minimum atomic E-state index is -0.173. The molecule has 148 valence electrons. The van der Waals surface area contributed by atoms with Gasteiger partial charge in [-0.05, 0) is 24.6 Å². The fourth-order valence-corrected chi connectivity index (χ4v) is 3.95. The van der Waals surface area contributed by atoms with Gasteiger partial charge in [0, 0.05) is 43.4 Å². The molecule has 1 fully saturated rings. The summed E-state index contributed by atoms with van der Waals surface area (Å²) in [4.78, 5) is 4.78. The molecule has 1 aliphatic rings. The van der Waals surface area contributed by atoms with E-state index in [4.69, 9.17) is 11.6 Å². The van der Waals surface area contributed by atoms with Crippen molar-refractivity contribution in [1.29, 1.82) is 0 Å². The number of β-amino-alcohol motifs (C(OH)–C–C–N with tert-alkyl or cyclic N) is 1. The monoisotopic (exact) mass is 380 g/mol. The zero-order valence-electron chi connectivity index (χ0n) is 16.5. The second kappa shape index (κ2) is 12.6. The van der Waals surface area contributed by atoms with Crippen molar-refractivity contribution in [3.8, 4) is 0 Å². The van der Waals surface area contributed by atoms with Crippen molar-refractivity contribution in [2.24, 2.45) is 0 Å². The Bertz CT molecular complexity index is 489. The van der Waals surface area contributed by atoms with Gasteiger partial charge in [0.05, 0.1) is 6.10 Å². The molecule has 4 heteroatoms. The lowest BCUT2D eigenvalue weighted by atomic mass is 10.1. The van der Waals surface area contributed by atoms with E-state index in [0.717, 1.165) is 50.6 Å². The van der Waals surface area contributed by atoms with Crippen molar-refractivity contribution in [2.45, 2.75) is 70.8 Å².